The number of carbonyl (C=O) groups is 2. The van der Waals surface area contributed by atoms with Crippen molar-refractivity contribution in [2.45, 2.75) is 0 Å². The van der Waals surface area contributed by atoms with Crippen molar-refractivity contribution in [3.8, 4) is 0 Å². The first kappa shape index (κ1) is 11.8. The molecule has 4 nitrogen and oxygen atoms in total. The Bertz CT molecular complexity index is 305. The summed E-state index contributed by atoms with van der Waals surface area (Å²) in [4.78, 5) is 20.8. The van der Waals surface area contributed by atoms with E-state index < -0.39 is 11.9 Å². The molecule has 0 amide bonds. The zero-order valence-corrected chi connectivity index (χ0v) is 6.02. The Morgan fingerprint density at radius 1 is 1.00 bits per heavy atom. The molecule has 1 rings (SSSR count). The van der Waals surface area contributed by atoms with E-state index >= 15 is 0 Å². The molecule has 13 heavy (non-hydrogen) atoms. The van der Waals surface area contributed by atoms with Crippen LogP contribution in [0.4, 0.5) is 0 Å². The van der Waals surface area contributed by atoms with E-state index in [1.54, 1.807) is 0 Å². The Morgan fingerprint density at radius 3 is 1.69 bits per heavy atom. The summed E-state index contributed by atoms with van der Waals surface area (Å²) in [6.45, 7) is 0. The normalized spacial score (nSPS) is 8.62. The van der Waals surface area contributed by atoms with Gasteiger partial charge in [-0.25, -0.2) is 9.59 Å². The van der Waals surface area contributed by atoms with Crippen molar-refractivity contribution in [2.24, 2.45) is 0 Å². The summed E-state index contributed by atoms with van der Waals surface area (Å²) in [6, 6.07) is 5.20. The Balaban J connectivity index is 0.00000144. The zero-order chi connectivity index (χ0) is 9.14. The fourth-order valence-corrected chi connectivity index (χ4v) is 0.785. The van der Waals surface area contributed by atoms with Crippen LogP contribution in [0, 0.1) is 0 Å². The molecule has 5 heteroatoms. The van der Waals surface area contributed by atoms with Gasteiger partial charge in [0.05, 0.1) is 11.1 Å². The first-order valence-electron chi connectivity index (χ1n) is 3.18. The third-order valence-corrected chi connectivity index (χ3v) is 1.36. The third kappa shape index (κ3) is 2.94. The molecule has 0 aliphatic heterocycles. The second-order valence-corrected chi connectivity index (χ2v) is 2.19. The minimum absolute atomic E-state index is 0. The van der Waals surface area contributed by atoms with E-state index in [9.17, 15) is 9.59 Å². The van der Waals surface area contributed by atoms with Crippen LogP contribution in [0.3, 0.4) is 0 Å². The topological polar surface area (TPSA) is 74.6 Å². The number of benzene rings is 1. The van der Waals surface area contributed by atoms with Gasteiger partial charge in [0.15, 0.2) is 0 Å². The molecule has 0 fully saturated rings. The summed E-state index contributed by atoms with van der Waals surface area (Å²) in [7, 11) is 0. The number of rotatable bonds is 2. The van der Waals surface area contributed by atoms with Crippen LogP contribution in [0.1, 0.15) is 20.7 Å². The van der Waals surface area contributed by atoms with Gasteiger partial charge in [0.25, 0.3) is 0 Å². The first-order chi connectivity index (χ1) is 5.61. The van der Waals surface area contributed by atoms with Gasteiger partial charge in [0.1, 0.15) is 0 Å². The Kier molecular flexibility index (Phi) is 4.25. The fraction of sp³-hybridized carbons (Fsp3) is 0. The van der Waals surface area contributed by atoms with Gasteiger partial charge in [0, 0.05) is 0 Å². The van der Waals surface area contributed by atoms with Gasteiger partial charge in [-0.1, -0.05) is 6.07 Å². The van der Waals surface area contributed by atoms with E-state index in [-0.39, 0.29) is 30.0 Å². The van der Waals surface area contributed by atoms with E-state index in [0.29, 0.717) is 0 Å². The Hall–Kier alpha value is -1.24. The standard InChI is InChI=1S/C8H6O4.Li.H/c9-7(10)5-2-1-3-6(4-5)8(11)12;;/h1-4H,(H,9,10)(H,11,12);;. The molecule has 1 aromatic rings. The molecular weight excluding hydrogens is 167 g/mol. The molecule has 0 bridgehead atoms. The fourth-order valence-electron chi connectivity index (χ4n) is 0.785. The Morgan fingerprint density at radius 2 is 1.38 bits per heavy atom. The monoisotopic (exact) mass is 174 g/mol. The third-order valence-electron chi connectivity index (χ3n) is 1.36. The number of aromatic carboxylic acids is 2. The van der Waals surface area contributed by atoms with E-state index in [1.165, 1.54) is 18.2 Å². The summed E-state index contributed by atoms with van der Waals surface area (Å²) in [5.74, 6) is -2.25. The summed E-state index contributed by atoms with van der Waals surface area (Å²) in [6.07, 6.45) is 0. The van der Waals surface area contributed by atoms with Crippen LogP contribution in [0.15, 0.2) is 24.3 Å². The minimum atomic E-state index is -1.13. The van der Waals surface area contributed by atoms with Crippen LogP contribution >= 0.6 is 0 Å². The molecule has 0 spiro atoms. The van der Waals surface area contributed by atoms with Gasteiger partial charge in [-0.3, -0.25) is 0 Å². The SMILES string of the molecule is O=C(O)c1cccc(C(=O)O)c1.[LiH]. The van der Waals surface area contributed by atoms with Crippen LogP contribution < -0.4 is 0 Å². The summed E-state index contributed by atoms with van der Waals surface area (Å²) in [5.41, 5.74) is -0.0372. The Labute approximate surface area is 86.4 Å². The van der Waals surface area contributed by atoms with Crippen LogP contribution in [-0.2, 0) is 0 Å². The maximum atomic E-state index is 10.4. The summed E-state index contributed by atoms with van der Waals surface area (Å²) < 4.78 is 0. The van der Waals surface area contributed by atoms with Gasteiger partial charge in [-0.2, -0.15) is 0 Å². The molecule has 0 aliphatic carbocycles. The number of hydrogen-bond acceptors (Lipinski definition) is 2. The van der Waals surface area contributed by atoms with Crippen molar-refractivity contribution in [3.05, 3.63) is 35.4 Å². The van der Waals surface area contributed by atoms with Crippen LogP contribution in [0.25, 0.3) is 0 Å². The molecule has 0 heterocycles. The van der Waals surface area contributed by atoms with E-state index in [0.717, 1.165) is 6.07 Å². The zero-order valence-electron chi connectivity index (χ0n) is 6.02. The molecule has 0 saturated carbocycles. The average Bonchev–Trinajstić information content (AvgIpc) is 2.04. The van der Waals surface area contributed by atoms with E-state index in [4.69, 9.17) is 10.2 Å². The van der Waals surface area contributed by atoms with Gasteiger partial charge in [-0.15, -0.1) is 0 Å². The van der Waals surface area contributed by atoms with Crippen molar-refractivity contribution in [2.75, 3.05) is 0 Å². The van der Waals surface area contributed by atoms with Crippen molar-refractivity contribution >= 4 is 30.8 Å². The predicted molar refractivity (Wildman–Crippen MR) is 47.5 cm³/mol. The molecule has 0 saturated heterocycles. The second kappa shape index (κ2) is 4.70. The average molecular weight is 174 g/mol. The molecule has 0 radical (unpaired) electrons. The van der Waals surface area contributed by atoms with Gasteiger partial charge < -0.3 is 10.2 Å². The van der Waals surface area contributed by atoms with Crippen LogP contribution in [0.2, 0.25) is 0 Å². The van der Waals surface area contributed by atoms with Crippen LogP contribution in [-0.4, -0.2) is 41.0 Å². The molecule has 64 valence electrons. The van der Waals surface area contributed by atoms with Gasteiger partial charge in [0.2, 0.25) is 0 Å². The molecule has 0 atom stereocenters. The van der Waals surface area contributed by atoms with Crippen molar-refractivity contribution in [1.82, 2.24) is 0 Å². The molecule has 2 N–H and O–H groups in total. The van der Waals surface area contributed by atoms with Gasteiger partial charge in [-0.05, 0) is 18.2 Å². The predicted octanol–water partition coefficient (Wildman–Crippen LogP) is 0.434. The number of hydrogen-bond donors (Lipinski definition) is 2. The van der Waals surface area contributed by atoms with E-state index in [1.807, 2.05) is 0 Å². The second-order valence-electron chi connectivity index (χ2n) is 2.19. The number of carboxylic acids is 2. The molecule has 1 aromatic carbocycles. The molecule has 0 aromatic heterocycles. The van der Waals surface area contributed by atoms with Crippen molar-refractivity contribution in [1.29, 1.82) is 0 Å². The van der Waals surface area contributed by atoms with Crippen molar-refractivity contribution in [3.63, 3.8) is 0 Å². The molecular formula is C8H7LiO4. The summed E-state index contributed by atoms with van der Waals surface area (Å²) in [5, 5.41) is 17.0. The van der Waals surface area contributed by atoms with Crippen LogP contribution in [0.5, 0.6) is 0 Å². The van der Waals surface area contributed by atoms with Crippen molar-refractivity contribution < 1.29 is 19.8 Å². The summed E-state index contributed by atoms with van der Waals surface area (Å²) >= 11 is 0. The first-order valence-corrected chi connectivity index (χ1v) is 3.18. The quantitative estimate of drug-likeness (QED) is 0.637. The molecule has 0 aliphatic rings. The molecule has 0 unspecified atom stereocenters. The van der Waals surface area contributed by atoms with E-state index in [2.05, 4.69) is 0 Å². The number of carboxylic acid groups (broad SMARTS) is 2. The van der Waals surface area contributed by atoms with Gasteiger partial charge >= 0.3 is 30.8 Å². The maximum absolute atomic E-state index is 10.4.